The number of nitrogens with one attached hydrogen (secondary N) is 4. The van der Waals surface area contributed by atoms with Crippen LogP contribution < -0.4 is 10.6 Å². The predicted molar refractivity (Wildman–Crippen MR) is 209 cm³/mol. The Balaban J connectivity index is 1.05. The van der Waals surface area contributed by atoms with Gasteiger partial charge in [0.1, 0.15) is 23.7 Å². The number of carbonyl (C=O) groups is 4. The van der Waals surface area contributed by atoms with E-state index in [-0.39, 0.29) is 23.9 Å². The van der Waals surface area contributed by atoms with E-state index in [0.717, 1.165) is 54.6 Å². The first kappa shape index (κ1) is 39.5. The normalized spacial score (nSPS) is 19.3. The van der Waals surface area contributed by atoms with Crippen LogP contribution in [0.2, 0.25) is 0 Å². The third-order valence-electron chi connectivity index (χ3n) is 11.5. The van der Waals surface area contributed by atoms with Crippen LogP contribution in [0.15, 0.2) is 48.8 Å². The minimum Gasteiger partial charge on any atom is -0.453 e. The first-order valence-electron chi connectivity index (χ1n) is 19.3. The number of hydrogen-bond acceptors (Lipinski definition) is 10. The first-order valence-corrected chi connectivity index (χ1v) is 19.3. The van der Waals surface area contributed by atoms with E-state index in [1.54, 1.807) is 23.6 Å². The average molecular weight is 783 g/mol. The van der Waals surface area contributed by atoms with Gasteiger partial charge in [0.2, 0.25) is 11.8 Å². The Bertz CT molecular complexity index is 1980. The molecule has 2 aromatic heterocycles. The second kappa shape index (κ2) is 16.8. The monoisotopic (exact) mass is 782 g/mol. The molecule has 3 aliphatic rings. The Hall–Kier alpha value is -5.74. The van der Waals surface area contributed by atoms with Crippen LogP contribution >= 0.6 is 0 Å². The molecule has 16 nitrogen and oxygen atoms in total. The maximum Gasteiger partial charge on any atom is 0.407 e. The van der Waals surface area contributed by atoms with Crippen LogP contribution in [0.1, 0.15) is 74.4 Å². The molecule has 57 heavy (non-hydrogen) atoms. The van der Waals surface area contributed by atoms with Crippen LogP contribution in [-0.4, -0.2) is 120 Å². The summed E-state index contributed by atoms with van der Waals surface area (Å²) in [6, 6.07) is 10.5. The molecular formula is C41H50N8O8. The number of nitrogens with zero attached hydrogens (tertiary/aromatic N) is 4. The van der Waals surface area contributed by atoms with E-state index < -0.39 is 36.5 Å². The van der Waals surface area contributed by atoms with Gasteiger partial charge in [-0.05, 0) is 91.5 Å². The number of benzene rings is 2. The van der Waals surface area contributed by atoms with Crippen molar-refractivity contribution in [1.82, 2.24) is 40.4 Å². The molecule has 2 fully saturated rings. The van der Waals surface area contributed by atoms with Crippen molar-refractivity contribution >= 4 is 24.0 Å². The highest BCUT2D eigenvalue weighted by molar-refractivity contribution is 5.88. The Labute approximate surface area is 331 Å². The highest BCUT2D eigenvalue weighted by Crippen LogP contribution is 2.41. The molecule has 4 amide bonds. The van der Waals surface area contributed by atoms with Crippen LogP contribution in [0.3, 0.4) is 0 Å². The smallest absolute Gasteiger partial charge is 0.407 e. The van der Waals surface area contributed by atoms with Crippen LogP contribution in [-0.2, 0) is 35.0 Å². The number of amides is 4. The van der Waals surface area contributed by atoms with Gasteiger partial charge in [0.15, 0.2) is 0 Å². The quantitative estimate of drug-likeness (QED) is 0.136. The Morgan fingerprint density at radius 1 is 0.684 bits per heavy atom. The number of carbonyl (C=O) groups excluding carboxylic acids is 4. The van der Waals surface area contributed by atoms with Crippen molar-refractivity contribution in [2.75, 3.05) is 41.5 Å². The van der Waals surface area contributed by atoms with Gasteiger partial charge >= 0.3 is 12.2 Å². The fourth-order valence-electron chi connectivity index (χ4n) is 8.24. The molecule has 7 rings (SSSR count). The number of ether oxygens (including phenoxy) is 4. The number of rotatable bonds is 12. The van der Waals surface area contributed by atoms with Crippen molar-refractivity contribution in [2.45, 2.75) is 82.3 Å². The Morgan fingerprint density at radius 2 is 1.11 bits per heavy atom. The summed E-state index contributed by atoms with van der Waals surface area (Å²) in [6.45, 7) is 4.55. The van der Waals surface area contributed by atoms with E-state index >= 15 is 0 Å². The fraction of sp³-hybridized carbons (Fsp3) is 0.463. The Morgan fingerprint density at radius 3 is 1.49 bits per heavy atom. The van der Waals surface area contributed by atoms with E-state index in [0.29, 0.717) is 24.7 Å². The molecular weight excluding hydrogens is 732 g/mol. The summed E-state index contributed by atoms with van der Waals surface area (Å²) in [7, 11) is 5.52. The maximum atomic E-state index is 13.7. The van der Waals surface area contributed by atoms with E-state index in [9.17, 15) is 19.2 Å². The zero-order chi connectivity index (χ0) is 40.4. The molecule has 6 atom stereocenters. The number of likely N-dealkylation sites (tertiary alicyclic amines) is 2. The van der Waals surface area contributed by atoms with Gasteiger partial charge in [-0.15, -0.1) is 0 Å². The predicted octanol–water partition coefficient (Wildman–Crippen LogP) is 4.88. The maximum absolute atomic E-state index is 13.7. The van der Waals surface area contributed by atoms with Crippen LogP contribution in [0.5, 0.6) is 0 Å². The lowest BCUT2D eigenvalue weighted by Gasteiger charge is -2.30. The van der Waals surface area contributed by atoms with Gasteiger partial charge in [0, 0.05) is 27.3 Å². The van der Waals surface area contributed by atoms with E-state index in [2.05, 4.69) is 57.0 Å². The number of aromatic amines is 2. The summed E-state index contributed by atoms with van der Waals surface area (Å²) in [4.78, 5) is 71.4. The fourth-order valence-corrected chi connectivity index (χ4v) is 8.24. The van der Waals surface area contributed by atoms with Crippen molar-refractivity contribution in [3.05, 3.63) is 71.6 Å². The van der Waals surface area contributed by atoms with Gasteiger partial charge in [-0.25, -0.2) is 19.6 Å². The Kier molecular flexibility index (Phi) is 11.6. The van der Waals surface area contributed by atoms with Crippen LogP contribution in [0.25, 0.3) is 33.6 Å². The van der Waals surface area contributed by atoms with Gasteiger partial charge in [-0.3, -0.25) is 9.59 Å². The SMILES string of the molecule is COC(=O)N[C@H](C(=O)N1CCCC1c1ncc(-c2ccc3c(c2)Cc2cc(-c4cnc([C@@H]5CCCN5C(=O)[C@@H](NC(=O)OC)[C@@H](C)OC)[nH]4)ccc2-3)[nH]1)[C@@H](C)OC. The number of H-pyrrole nitrogens is 2. The molecule has 302 valence electrons. The second-order valence-corrected chi connectivity index (χ2v) is 14.8. The molecule has 0 spiro atoms. The number of aromatic nitrogens is 4. The molecule has 0 radical (unpaired) electrons. The van der Waals surface area contributed by atoms with Crippen molar-refractivity contribution < 1.29 is 38.1 Å². The zero-order valence-electron chi connectivity index (χ0n) is 33.1. The molecule has 2 aliphatic heterocycles. The minimum absolute atomic E-state index is 0.248. The molecule has 4 aromatic rings. The van der Waals surface area contributed by atoms with Gasteiger partial charge < -0.3 is 49.3 Å². The van der Waals surface area contributed by atoms with Gasteiger partial charge in [0.25, 0.3) is 0 Å². The highest BCUT2D eigenvalue weighted by atomic mass is 16.5. The number of fused-ring (bicyclic) bond motifs is 3. The molecule has 1 unspecified atom stereocenters. The van der Waals surface area contributed by atoms with E-state index in [1.807, 2.05) is 12.4 Å². The molecule has 2 saturated heterocycles. The van der Waals surface area contributed by atoms with Crippen molar-refractivity contribution in [2.24, 2.45) is 0 Å². The number of methoxy groups -OCH3 is 4. The zero-order valence-corrected chi connectivity index (χ0v) is 33.1. The minimum atomic E-state index is -0.901. The van der Waals surface area contributed by atoms with Crippen LogP contribution in [0, 0.1) is 0 Å². The molecule has 4 N–H and O–H groups in total. The largest absolute Gasteiger partial charge is 0.453 e. The summed E-state index contributed by atoms with van der Waals surface area (Å²) in [5, 5.41) is 5.26. The lowest BCUT2D eigenvalue weighted by molar-refractivity contribution is -0.138. The molecule has 1 aliphatic carbocycles. The lowest BCUT2D eigenvalue weighted by atomic mass is 10.0. The first-order chi connectivity index (χ1) is 27.5. The van der Waals surface area contributed by atoms with Crippen molar-refractivity contribution in [3.63, 3.8) is 0 Å². The average Bonchev–Trinajstić information content (AvgIpc) is 4.08. The molecule has 4 heterocycles. The molecule has 2 aromatic carbocycles. The standard InChI is InChI=1S/C41H50N8O8/c1-22(54-3)34(46-40(52)56-5)38(50)48-15-7-9-32(48)36-42-20-30(44-36)24-11-13-28-26(17-24)19-27-18-25(12-14-29(27)28)31-21-43-37(45-31)33-10-8-16-49(33)39(51)35(23(2)55-4)47-41(53)57-6/h11-14,17-18,20-23,32-35H,7-10,15-16,19H2,1-6H3,(H,42,44)(H,43,45)(H,46,52)(H,47,53)/t22-,23-,32+,33?,34+,35+/m1/s1. The van der Waals surface area contributed by atoms with Gasteiger partial charge in [-0.2, -0.15) is 0 Å². The third-order valence-corrected chi connectivity index (χ3v) is 11.5. The van der Waals surface area contributed by atoms with Gasteiger partial charge in [0.05, 0.1) is 62.3 Å². The lowest BCUT2D eigenvalue weighted by Crippen LogP contribution is -2.54. The summed E-state index contributed by atoms with van der Waals surface area (Å²) in [5.41, 5.74) is 8.44. The molecule has 16 heteroatoms. The topological polar surface area (TPSA) is 193 Å². The summed E-state index contributed by atoms with van der Waals surface area (Å²) < 4.78 is 20.3. The van der Waals surface area contributed by atoms with E-state index in [1.165, 1.54) is 50.7 Å². The van der Waals surface area contributed by atoms with Crippen LogP contribution in [0.4, 0.5) is 9.59 Å². The number of imidazole rings is 2. The summed E-state index contributed by atoms with van der Waals surface area (Å²) in [6.07, 6.45) is 4.96. The van der Waals surface area contributed by atoms with E-state index in [4.69, 9.17) is 28.9 Å². The van der Waals surface area contributed by atoms with Gasteiger partial charge in [-0.1, -0.05) is 24.3 Å². The molecule has 0 saturated carbocycles. The number of hydrogen-bond donors (Lipinski definition) is 4. The van der Waals surface area contributed by atoms with Crippen molar-refractivity contribution in [3.8, 4) is 33.6 Å². The summed E-state index contributed by atoms with van der Waals surface area (Å²) >= 11 is 0. The molecule has 0 bridgehead atoms. The van der Waals surface area contributed by atoms with Crippen molar-refractivity contribution in [1.29, 1.82) is 0 Å². The third kappa shape index (κ3) is 7.83. The second-order valence-electron chi connectivity index (χ2n) is 14.8. The summed E-state index contributed by atoms with van der Waals surface area (Å²) in [5.74, 6) is 0.889. The number of alkyl carbamates (subject to hydrolysis) is 2. The highest BCUT2D eigenvalue weighted by Gasteiger charge is 2.40.